The second-order valence-electron chi connectivity index (χ2n) is 6.40. The predicted octanol–water partition coefficient (Wildman–Crippen LogP) is 1.59. The van der Waals surface area contributed by atoms with Gasteiger partial charge in [0.05, 0.1) is 12.7 Å². The van der Waals surface area contributed by atoms with Gasteiger partial charge in [-0.15, -0.1) is 0 Å². The van der Waals surface area contributed by atoms with Crippen molar-refractivity contribution in [3.05, 3.63) is 35.4 Å². The molecule has 2 N–H and O–H groups in total. The van der Waals surface area contributed by atoms with E-state index in [9.17, 15) is 0 Å². The molecule has 2 rings (SSSR count). The van der Waals surface area contributed by atoms with Gasteiger partial charge in [-0.25, -0.2) is 0 Å². The van der Waals surface area contributed by atoms with Crippen molar-refractivity contribution in [3.8, 4) is 0 Å². The van der Waals surface area contributed by atoms with Crippen molar-refractivity contribution >= 4 is 5.96 Å². The van der Waals surface area contributed by atoms with Crippen molar-refractivity contribution in [2.45, 2.75) is 25.9 Å². The van der Waals surface area contributed by atoms with Gasteiger partial charge < -0.3 is 20.3 Å². The Bertz CT molecular complexity index is 517. The lowest BCUT2D eigenvalue weighted by molar-refractivity contribution is -0.0161. The van der Waals surface area contributed by atoms with Crippen LogP contribution in [-0.2, 0) is 4.74 Å². The van der Waals surface area contributed by atoms with Crippen LogP contribution in [0.2, 0.25) is 0 Å². The number of aryl methyl sites for hydroxylation is 1. The van der Waals surface area contributed by atoms with E-state index in [0.29, 0.717) is 5.92 Å². The first kappa shape index (κ1) is 17.8. The molecule has 1 aromatic rings. The Morgan fingerprint density at radius 3 is 2.96 bits per heavy atom. The van der Waals surface area contributed by atoms with Gasteiger partial charge in [-0.3, -0.25) is 4.99 Å². The Morgan fingerprint density at radius 1 is 1.43 bits per heavy atom. The number of likely N-dealkylation sites (N-methyl/N-ethyl adjacent to an activating group) is 1. The average molecular weight is 318 g/mol. The van der Waals surface area contributed by atoms with Crippen LogP contribution in [0.4, 0.5) is 0 Å². The number of rotatable bonds is 5. The highest BCUT2D eigenvalue weighted by Gasteiger charge is 2.17. The fourth-order valence-electron chi connectivity index (χ4n) is 2.77. The van der Waals surface area contributed by atoms with Crippen LogP contribution in [0.3, 0.4) is 0 Å². The molecule has 2 unspecified atom stereocenters. The largest absolute Gasteiger partial charge is 0.374 e. The molecule has 2 atom stereocenters. The summed E-state index contributed by atoms with van der Waals surface area (Å²) in [6.45, 7) is 8.78. The summed E-state index contributed by atoms with van der Waals surface area (Å²) in [6.07, 6.45) is 0.224. The molecule has 0 aromatic heterocycles. The molecule has 23 heavy (non-hydrogen) atoms. The van der Waals surface area contributed by atoms with Crippen LogP contribution in [0.5, 0.6) is 0 Å². The van der Waals surface area contributed by atoms with E-state index in [1.165, 1.54) is 11.1 Å². The van der Waals surface area contributed by atoms with Gasteiger partial charge in [0.25, 0.3) is 0 Å². The second-order valence-corrected chi connectivity index (χ2v) is 6.40. The highest BCUT2D eigenvalue weighted by atomic mass is 16.5. The van der Waals surface area contributed by atoms with Gasteiger partial charge in [0.15, 0.2) is 5.96 Å². The lowest BCUT2D eigenvalue weighted by Gasteiger charge is -2.30. The molecule has 0 radical (unpaired) electrons. The molecule has 0 aliphatic carbocycles. The van der Waals surface area contributed by atoms with Crippen LogP contribution in [-0.4, -0.2) is 63.8 Å². The zero-order chi connectivity index (χ0) is 16.7. The van der Waals surface area contributed by atoms with Gasteiger partial charge in [0.2, 0.25) is 0 Å². The molecule has 1 aliphatic rings. The van der Waals surface area contributed by atoms with Crippen molar-refractivity contribution in [1.29, 1.82) is 0 Å². The normalized spacial score (nSPS) is 21.0. The molecule has 128 valence electrons. The number of morpholine rings is 1. The molecule has 0 bridgehead atoms. The maximum absolute atomic E-state index is 5.76. The minimum atomic E-state index is 0.224. The van der Waals surface area contributed by atoms with E-state index < -0.39 is 0 Å². The minimum Gasteiger partial charge on any atom is -0.374 e. The monoisotopic (exact) mass is 318 g/mol. The molecule has 0 amide bonds. The maximum atomic E-state index is 5.76. The number of ether oxygens (including phenoxy) is 1. The average Bonchev–Trinajstić information content (AvgIpc) is 2.55. The third kappa shape index (κ3) is 5.84. The molecule has 1 fully saturated rings. The lowest BCUT2D eigenvalue weighted by Crippen LogP contribution is -2.48. The van der Waals surface area contributed by atoms with E-state index in [1.54, 1.807) is 7.05 Å². The zero-order valence-corrected chi connectivity index (χ0v) is 14.8. The summed E-state index contributed by atoms with van der Waals surface area (Å²) >= 11 is 0. The van der Waals surface area contributed by atoms with Crippen LogP contribution in [0, 0.1) is 6.92 Å². The Balaban J connectivity index is 1.76. The number of benzene rings is 1. The molecule has 1 aliphatic heterocycles. The molecule has 5 nitrogen and oxygen atoms in total. The fraction of sp³-hybridized carbons (Fsp3) is 0.611. The zero-order valence-electron chi connectivity index (χ0n) is 14.8. The van der Waals surface area contributed by atoms with Crippen LogP contribution in [0.25, 0.3) is 0 Å². The van der Waals surface area contributed by atoms with Crippen molar-refractivity contribution in [3.63, 3.8) is 0 Å². The third-order valence-corrected chi connectivity index (χ3v) is 4.25. The third-order valence-electron chi connectivity index (χ3n) is 4.25. The minimum absolute atomic E-state index is 0.224. The van der Waals surface area contributed by atoms with Crippen molar-refractivity contribution < 1.29 is 4.74 Å². The molecular formula is C18H30N4O. The molecular weight excluding hydrogens is 288 g/mol. The molecule has 5 heteroatoms. The van der Waals surface area contributed by atoms with Crippen molar-refractivity contribution in [1.82, 2.24) is 15.5 Å². The first-order valence-electron chi connectivity index (χ1n) is 8.39. The number of hydrogen-bond acceptors (Lipinski definition) is 3. The Labute approximate surface area is 140 Å². The summed E-state index contributed by atoms with van der Waals surface area (Å²) in [6, 6.07) is 8.67. The second kappa shape index (κ2) is 8.89. The summed E-state index contributed by atoms with van der Waals surface area (Å²) in [5, 5.41) is 6.77. The predicted molar refractivity (Wildman–Crippen MR) is 96.2 cm³/mol. The fourth-order valence-corrected chi connectivity index (χ4v) is 2.77. The topological polar surface area (TPSA) is 48.9 Å². The van der Waals surface area contributed by atoms with E-state index in [0.717, 1.165) is 38.7 Å². The Kier molecular flexibility index (Phi) is 6.86. The van der Waals surface area contributed by atoms with Crippen LogP contribution < -0.4 is 10.6 Å². The van der Waals surface area contributed by atoms with Gasteiger partial charge in [-0.05, 0) is 25.5 Å². The van der Waals surface area contributed by atoms with E-state index >= 15 is 0 Å². The standard InChI is InChI=1S/C18H30N4O/c1-14-6-5-7-16(10-14)15(2)11-20-18(19-3)21-12-17-13-22(4)8-9-23-17/h5-7,10,15,17H,8-9,11-13H2,1-4H3,(H2,19,20,21). The first-order valence-corrected chi connectivity index (χ1v) is 8.39. The quantitative estimate of drug-likeness (QED) is 0.639. The van der Waals surface area contributed by atoms with E-state index in [4.69, 9.17) is 4.74 Å². The highest BCUT2D eigenvalue weighted by Crippen LogP contribution is 2.15. The molecule has 0 spiro atoms. The number of hydrogen-bond donors (Lipinski definition) is 2. The maximum Gasteiger partial charge on any atom is 0.191 e. The van der Waals surface area contributed by atoms with Crippen LogP contribution in [0.15, 0.2) is 29.3 Å². The summed E-state index contributed by atoms with van der Waals surface area (Å²) in [4.78, 5) is 6.60. The van der Waals surface area contributed by atoms with Gasteiger partial charge in [-0.1, -0.05) is 36.8 Å². The van der Waals surface area contributed by atoms with Crippen molar-refractivity contribution in [2.24, 2.45) is 4.99 Å². The number of nitrogens with one attached hydrogen (secondary N) is 2. The lowest BCUT2D eigenvalue weighted by atomic mass is 9.99. The van der Waals surface area contributed by atoms with Gasteiger partial charge >= 0.3 is 0 Å². The van der Waals surface area contributed by atoms with E-state index in [1.807, 2.05) is 0 Å². The number of nitrogens with zero attached hydrogens (tertiary/aromatic N) is 2. The van der Waals surface area contributed by atoms with E-state index in [-0.39, 0.29) is 6.10 Å². The Morgan fingerprint density at radius 2 is 2.26 bits per heavy atom. The smallest absolute Gasteiger partial charge is 0.191 e. The molecule has 1 saturated heterocycles. The van der Waals surface area contributed by atoms with Gasteiger partial charge in [0.1, 0.15) is 0 Å². The van der Waals surface area contributed by atoms with Crippen LogP contribution >= 0.6 is 0 Å². The Hall–Kier alpha value is -1.59. The van der Waals surface area contributed by atoms with Crippen molar-refractivity contribution in [2.75, 3.05) is 46.9 Å². The van der Waals surface area contributed by atoms with E-state index in [2.05, 4.69) is 65.7 Å². The highest BCUT2D eigenvalue weighted by molar-refractivity contribution is 5.79. The molecule has 1 heterocycles. The number of aliphatic imine (C=N–C) groups is 1. The van der Waals surface area contributed by atoms with Gasteiger partial charge in [0, 0.05) is 33.2 Å². The SMILES string of the molecule is CN=C(NCC1CN(C)CCO1)NCC(C)c1cccc(C)c1. The molecule has 0 saturated carbocycles. The summed E-state index contributed by atoms with van der Waals surface area (Å²) < 4.78 is 5.76. The summed E-state index contributed by atoms with van der Waals surface area (Å²) in [7, 11) is 3.94. The van der Waals surface area contributed by atoms with Crippen LogP contribution in [0.1, 0.15) is 24.0 Å². The summed E-state index contributed by atoms with van der Waals surface area (Å²) in [5.74, 6) is 1.27. The van der Waals surface area contributed by atoms with Gasteiger partial charge in [-0.2, -0.15) is 0 Å². The molecule has 1 aromatic carbocycles. The first-order chi connectivity index (χ1) is 11.1. The summed E-state index contributed by atoms with van der Waals surface area (Å²) in [5.41, 5.74) is 2.65. The number of guanidine groups is 1.